The molecule has 4 unspecified atom stereocenters. The van der Waals surface area contributed by atoms with Crippen molar-refractivity contribution < 1.29 is 9.84 Å². The Labute approximate surface area is 99.4 Å². The van der Waals surface area contributed by atoms with Crippen LogP contribution < -0.4 is 0 Å². The van der Waals surface area contributed by atoms with Gasteiger partial charge in [-0.15, -0.1) is 0 Å². The lowest BCUT2D eigenvalue weighted by Gasteiger charge is -2.34. The summed E-state index contributed by atoms with van der Waals surface area (Å²) in [4.78, 5) is 0. The Hall–Kier alpha value is -0.0800. The lowest BCUT2D eigenvalue weighted by Crippen LogP contribution is -2.31. The molecule has 0 spiro atoms. The van der Waals surface area contributed by atoms with Crippen molar-refractivity contribution in [3.8, 4) is 0 Å². The van der Waals surface area contributed by atoms with Crippen LogP contribution in [0.5, 0.6) is 0 Å². The van der Waals surface area contributed by atoms with E-state index in [2.05, 4.69) is 6.92 Å². The highest BCUT2D eigenvalue weighted by molar-refractivity contribution is 4.82. The van der Waals surface area contributed by atoms with Crippen molar-refractivity contribution in [1.29, 1.82) is 0 Å². The first-order valence-corrected chi connectivity index (χ1v) is 7.09. The van der Waals surface area contributed by atoms with E-state index < -0.39 is 0 Å². The second kappa shape index (κ2) is 6.02. The molecule has 4 atom stereocenters. The Morgan fingerprint density at radius 3 is 2.81 bits per heavy atom. The van der Waals surface area contributed by atoms with Crippen molar-refractivity contribution in [3.05, 3.63) is 0 Å². The molecule has 2 fully saturated rings. The van der Waals surface area contributed by atoms with Gasteiger partial charge in [0.15, 0.2) is 0 Å². The van der Waals surface area contributed by atoms with Crippen LogP contribution >= 0.6 is 0 Å². The van der Waals surface area contributed by atoms with E-state index in [-0.39, 0.29) is 6.10 Å². The molecule has 1 N–H and O–H groups in total. The lowest BCUT2D eigenvalue weighted by atomic mass is 9.75. The van der Waals surface area contributed by atoms with Crippen molar-refractivity contribution >= 4 is 0 Å². The van der Waals surface area contributed by atoms with Gasteiger partial charge >= 0.3 is 0 Å². The van der Waals surface area contributed by atoms with E-state index in [1.165, 1.54) is 38.5 Å². The van der Waals surface area contributed by atoms with Crippen LogP contribution in [0, 0.1) is 11.8 Å². The molecule has 0 amide bonds. The third kappa shape index (κ3) is 3.21. The molecular formula is C14H26O2. The summed E-state index contributed by atoms with van der Waals surface area (Å²) in [5.74, 6) is 1.37. The summed E-state index contributed by atoms with van der Waals surface area (Å²) in [7, 11) is 0. The molecule has 1 heterocycles. The van der Waals surface area contributed by atoms with Crippen LogP contribution in [-0.4, -0.2) is 23.9 Å². The summed E-state index contributed by atoms with van der Waals surface area (Å²) >= 11 is 0. The molecule has 2 nitrogen and oxygen atoms in total. The maximum Gasteiger partial charge on any atom is 0.0579 e. The first-order chi connectivity index (χ1) is 7.79. The lowest BCUT2D eigenvalue weighted by molar-refractivity contribution is 0.00732. The van der Waals surface area contributed by atoms with Gasteiger partial charge in [0.1, 0.15) is 0 Å². The second-order valence-corrected chi connectivity index (χ2v) is 5.67. The zero-order valence-corrected chi connectivity index (χ0v) is 10.5. The van der Waals surface area contributed by atoms with Crippen LogP contribution in [0.2, 0.25) is 0 Å². The molecule has 2 aliphatic rings. The molecule has 1 saturated heterocycles. The molecule has 16 heavy (non-hydrogen) atoms. The van der Waals surface area contributed by atoms with Gasteiger partial charge in [-0.2, -0.15) is 0 Å². The fourth-order valence-corrected chi connectivity index (χ4v) is 3.44. The monoisotopic (exact) mass is 226 g/mol. The Balaban J connectivity index is 1.80. The van der Waals surface area contributed by atoms with Crippen LogP contribution in [-0.2, 0) is 4.74 Å². The van der Waals surface area contributed by atoms with Gasteiger partial charge in [-0.1, -0.05) is 19.8 Å². The summed E-state index contributed by atoms with van der Waals surface area (Å²) in [6, 6.07) is 0. The van der Waals surface area contributed by atoms with Gasteiger partial charge in [0.2, 0.25) is 0 Å². The highest BCUT2D eigenvalue weighted by Crippen LogP contribution is 2.36. The van der Waals surface area contributed by atoms with Crippen molar-refractivity contribution in [2.75, 3.05) is 6.61 Å². The minimum atomic E-state index is -0.0580. The third-order valence-corrected chi connectivity index (χ3v) is 4.34. The van der Waals surface area contributed by atoms with E-state index in [1.807, 2.05) is 0 Å². The average molecular weight is 226 g/mol. The Kier molecular flexibility index (Phi) is 4.66. The summed E-state index contributed by atoms with van der Waals surface area (Å²) in [5.41, 5.74) is 0. The van der Waals surface area contributed by atoms with Crippen LogP contribution in [0.4, 0.5) is 0 Å². The Morgan fingerprint density at radius 2 is 2.12 bits per heavy atom. The van der Waals surface area contributed by atoms with Crippen LogP contribution in [0.25, 0.3) is 0 Å². The van der Waals surface area contributed by atoms with E-state index >= 15 is 0 Å². The predicted octanol–water partition coefficient (Wildman–Crippen LogP) is 3.13. The molecule has 1 aliphatic heterocycles. The number of hydrogen-bond acceptors (Lipinski definition) is 2. The molecule has 2 rings (SSSR count). The van der Waals surface area contributed by atoms with Crippen molar-refractivity contribution in [2.24, 2.45) is 11.8 Å². The third-order valence-electron chi connectivity index (χ3n) is 4.34. The summed E-state index contributed by atoms with van der Waals surface area (Å²) in [5, 5.41) is 10.1. The molecule has 0 bridgehead atoms. The number of hydrogen-bond donors (Lipinski definition) is 1. The van der Waals surface area contributed by atoms with E-state index in [1.54, 1.807) is 0 Å². The topological polar surface area (TPSA) is 29.5 Å². The number of rotatable bonds is 4. The SMILES string of the molecule is CCCC1CCC(O)C(CC2CCCO2)C1. The number of aliphatic hydroxyl groups is 1. The zero-order chi connectivity index (χ0) is 11.4. The largest absolute Gasteiger partial charge is 0.393 e. The number of ether oxygens (including phenoxy) is 1. The van der Waals surface area contributed by atoms with Crippen LogP contribution in [0.15, 0.2) is 0 Å². The van der Waals surface area contributed by atoms with Crippen molar-refractivity contribution in [2.45, 2.75) is 70.5 Å². The molecule has 0 aromatic heterocycles. The predicted molar refractivity (Wildman–Crippen MR) is 65.3 cm³/mol. The van der Waals surface area contributed by atoms with Gasteiger partial charge in [0, 0.05) is 6.61 Å². The fraction of sp³-hybridized carbons (Fsp3) is 1.00. The maximum atomic E-state index is 10.1. The zero-order valence-electron chi connectivity index (χ0n) is 10.5. The van der Waals surface area contributed by atoms with E-state index in [4.69, 9.17) is 4.74 Å². The first-order valence-electron chi connectivity index (χ1n) is 7.09. The van der Waals surface area contributed by atoms with Gasteiger partial charge < -0.3 is 9.84 Å². The van der Waals surface area contributed by atoms with E-state index in [9.17, 15) is 5.11 Å². The molecule has 2 heteroatoms. The Bertz CT molecular complexity index is 199. The Morgan fingerprint density at radius 1 is 1.25 bits per heavy atom. The molecule has 1 saturated carbocycles. The van der Waals surface area contributed by atoms with Crippen molar-refractivity contribution in [1.82, 2.24) is 0 Å². The average Bonchev–Trinajstić information content (AvgIpc) is 2.76. The van der Waals surface area contributed by atoms with Gasteiger partial charge in [0.05, 0.1) is 12.2 Å². The van der Waals surface area contributed by atoms with Gasteiger partial charge in [-0.05, 0) is 50.4 Å². The smallest absolute Gasteiger partial charge is 0.0579 e. The molecule has 0 aromatic rings. The summed E-state index contributed by atoms with van der Waals surface area (Å²) in [6.07, 6.45) is 10.0. The van der Waals surface area contributed by atoms with Gasteiger partial charge in [-0.3, -0.25) is 0 Å². The minimum Gasteiger partial charge on any atom is -0.393 e. The maximum absolute atomic E-state index is 10.1. The van der Waals surface area contributed by atoms with Crippen LogP contribution in [0.1, 0.15) is 58.3 Å². The molecule has 0 aromatic carbocycles. The quantitative estimate of drug-likeness (QED) is 0.798. The van der Waals surface area contributed by atoms with Crippen LogP contribution in [0.3, 0.4) is 0 Å². The highest BCUT2D eigenvalue weighted by atomic mass is 16.5. The van der Waals surface area contributed by atoms with Gasteiger partial charge in [-0.25, -0.2) is 0 Å². The van der Waals surface area contributed by atoms with Crippen molar-refractivity contribution in [3.63, 3.8) is 0 Å². The summed E-state index contributed by atoms with van der Waals surface area (Å²) in [6.45, 7) is 3.20. The standard InChI is InChI=1S/C14H26O2/c1-2-4-11-6-7-14(15)12(9-11)10-13-5-3-8-16-13/h11-15H,2-10H2,1H3. The highest BCUT2D eigenvalue weighted by Gasteiger charge is 2.31. The number of aliphatic hydroxyl groups excluding tert-OH is 1. The first kappa shape index (κ1) is 12.4. The molecule has 1 aliphatic carbocycles. The fourth-order valence-electron chi connectivity index (χ4n) is 3.44. The normalized spacial score (nSPS) is 40.1. The summed E-state index contributed by atoms with van der Waals surface area (Å²) < 4.78 is 5.69. The van der Waals surface area contributed by atoms with E-state index in [0.717, 1.165) is 25.4 Å². The van der Waals surface area contributed by atoms with E-state index in [0.29, 0.717) is 12.0 Å². The minimum absolute atomic E-state index is 0.0580. The molecular weight excluding hydrogens is 200 g/mol. The molecule has 0 radical (unpaired) electrons. The second-order valence-electron chi connectivity index (χ2n) is 5.67. The van der Waals surface area contributed by atoms with Gasteiger partial charge in [0.25, 0.3) is 0 Å². The molecule has 94 valence electrons.